The molecule has 6 heteroatoms. The summed E-state index contributed by atoms with van der Waals surface area (Å²) in [6.45, 7) is 0. The van der Waals surface area contributed by atoms with Crippen molar-refractivity contribution < 1.29 is 0 Å². The number of nitrogens with one attached hydrogen (secondary N) is 2. The quantitative estimate of drug-likeness (QED) is 0.553. The normalized spacial score (nSPS) is 10.6. The van der Waals surface area contributed by atoms with Gasteiger partial charge < -0.3 is 4.98 Å². The van der Waals surface area contributed by atoms with Crippen LogP contribution >= 0.6 is 11.6 Å². The summed E-state index contributed by atoms with van der Waals surface area (Å²) in [5.74, 6) is 0. The van der Waals surface area contributed by atoms with Crippen LogP contribution in [0.1, 0.15) is 0 Å². The topological polar surface area (TPSA) is 65.7 Å². The summed E-state index contributed by atoms with van der Waals surface area (Å²) >= 11 is 5.79. The summed E-state index contributed by atoms with van der Waals surface area (Å²) < 4.78 is 0. The Morgan fingerprint density at radius 2 is 1.93 bits per heavy atom. The molecule has 2 aromatic rings. The van der Waals surface area contributed by atoms with Crippen molar-refractivity contribution in [2.75, 3.05) is 0 Å². The summed E-state index contributed by atoms with van der Waals surface area (Å²) in [5.41, 5.74) is 0.376. The van der Waals surface area contributed by atoms with Gasteiger partial charge in [0.25, 0.3) is 5.56 Å². The first-order valence-corrected chi connectivity index (χ1v) is 4.38. The first kappa shape index (κ1) is 9.08. The molecule has 0 unspecified atom stereocenters. The minimum Gasteiger partial charge on any atom is -0.307 e. The molecule has 1 heterocycles. The van der Waals surface area contributed by atoms with Crippen molar-refractivity contribution in [1.82, 2.24) is 9.97 Å². The first-order valence-electron chi connectivity index (χ1n) is 4.00. The molecule has 0 atom stereocenters. The Morgan fingerprint density at radius 3 is 2.64 bits per heavy atom. The van der Waals surface area contributed by atoms with Gasteiger partial charge in [-0.25, -0.2) is 4.79 Å². The lowest BCUT2D eigenvalue weighted by Gasteiger charge is -2.01. The van der Waals surface area contributed by atoms with E-state index in [-0.39, 0.29) is 0 Å². The summed E-state index contributed by atoms with van der Waals surface area (Å²) in [5, 5.41) is 0.877. The fourth-order valence-electron chi connectivity index (χ4n) is 1.40. The highest BCUT2D eigenvalue weighted by molar-refractivity contribution is 6.41. The number of halogens is 1. The molecule has 1 aromatic carbocycles. The van der Waals surface area contributed by atoms with E-state index in [1.54, 1.807) is 13.9 Å². The molecular formula is C8H6BClN2O2. The van der Waals surface area contributed by atoms with Gasteiger partial charge in [0.1, 0.15) is 7.85 Å². The molecule has 0 amide bonds. The van der Waals surface area contributed by atoms with Gasteiger partial charge in [-0.3, -0.25) is 9.78 Å². The predicted octanol–water partition coefficient (Wildman–Crippen LogP) is -0.872. The van der Waals surface area contributed by atoms with E-state index in [4.69, 9.17) is 11.6 Å². The van der Waals surface area contributed by atoms with Crippen LogP contribution in [-0.2, 0) is 0 Å². The van der Waals surface area contributed by atoms with Crippen molar-refractivity contribution in [3.63, 3.8) is 0 Å². The van der Waals surface area contributed by atoms with Crippen molar-refractivity contribution in [3.8, 4) is 0 Å². The third-order valence-electron chi connectivity index (χ3n) is 2.01. The highest BCUT2D eigenvalue weighted by Gasteiger charge is 2.04. The second-order valence-corrected chi connectivity index (χ2v) is 3.49. The molecule has 2 N–H and O–H groups in total. The molecule has 70 valence electrons. The molecule has 0 radical (unpaired) electrons. The molecule has 0 aliphatic carbocycles. The van der Waals surface area contributed by atoms with Gasteiger partial charge in [0.2, 0.25) is 0 Å². The van der Waals surface area contributed by atoms with Gasteiger partial charge in [0, 0.05) is 10.5 Å². The van der Waals surface area contributed by atoms with Crippen LogP contribution in [0.2, 0.25) is 5.02 Å². The molecule has 4 nitrogen and oxygen atoms in total. The van der Waals surface area contributed by atoms with Gasteiger partial charge in [-0.05, 0) is 12.1 Å². The largest absolute Gasteiger partial charge is 0.326 e. The molecule has 2 rings (SSSR count). The molecule has 0 saturated carbocycles. The summed E-state index contributed by atoms with van der Waals surface area (Å²) in [7, 11) is 1.78. The van der Waals surface area contributed by atoms with E-state index < -0.39 is 11.2 Å². The number of hydrogen-bond donors (Lipinski definition) is 2. The average molecular weight is 208 g/mol. The molecule has 0 spiro atoms. The number of hydrogen-bond acceptors (Lipinski definition) is 2. The monoisotopic (exact) mass is 208 g/mol. The fraction of sp³-hybridized carbons (Fsp3) is 0. The van der Waals surface area contributed by atoms with E-state index in [0.717, 1.165) is 5.46 Å². The van der Waals surface area contributed by atoms with E-state index in [9.17, 15) is 9.59 Å². The summed E-state index contributed by atoms with van der Waals surface area (Å²) in [6, 6.07) is 3.22. The van der Waals surface area contributed by atoms with Crippen LogP contribution in [-0.4, -0.2) is 17.8 Å². The van der Waals surface area contributed by atoms with Gasteiger partial charge in [-0.2, -0.15) is 0 Å². The second kappa shape index (κ2) is 3.03. The molecule has 14 heavy (non-hydrogen) atoms. The lowest BCUT2D eigenvalue weighted by Crippen LogP contribution is -2.25. The molecule has 0 bridgehead atoms. The lowest BCUT2D eigenvalue weighted by atomic mass is 9.94. The zero-order valence-electron chi connectivity index (χ0n) is 7.35. The van der Waals surface area contributed by atoms with Crippen molar-refractivity contribution in [1.29, 1.82) is 0 Å². The Hall–Kier alpha value is -1.49. The maximum Gasteiger partial charge on any atom is 0.326 e. The minimum absolute atomic E-state index is 0.398. The van der Waals surface area contributed by atoms with E-state index >= 15 is 0 Å². The molecule has 1 aromatic heterocycles. The van der Waals surface area contributed by atoms with Crippen LogP contribution in [0.5, 0.6) is 0 Å². The van der Waals surface area contributed by atoms with Crippen LogP contribution in [0.3, 0.4) is 0 Å². The zero-order valence-corrected chi connectivity index (χ0v) is 8.11. The van der Waals surface area contributed by atoms with Crippen molar-refractivity contribution >= 4 is 35.8 Å². The highest BCUT2D eigenvalue weighted by atomic mass is 35.5. The van der Waals surface area contributed by atoms with Gasteiger partial charge in [0.05, 0.1) is 5.39 Å². The Morgan fingerprint density at radius 1 is 1.21 bits per heavy atom. The molecular weight excluding hydrogens is 202 g/mol. The van der Waals surface area contributed by atoms with Gasteiger partial charge in [-0.15, -0.1) is 0 Å². The lowest BCUT2D eigenvalue weighted by molar-refractivity contribution is 1.08. The molecule has 0 aliphatic rings. The predicted molar refractivity (Wildman–Crippen MR) is 58.4 cm³/mol. The third-order valence-corrected chi connectivity index (χ3v) is 2.23. The van der Waals surface area contributed by atoms with E-state index in [2.05, 4.69) is 9.97 Å². The van der Waals surface area contributed by atoms with Crippen LogP contribution < -0.4 is 16.7 Å². The first-order chi connectivity index (χ1) is 6.58. The fourth-order valence-corrected chi connectivity index (χ4v) is 1.68. The van der Waals surface area contributed by atoms with Gasteiger partial charge in [0.15, 0.2) is 0 Å². The van der Waals surface area contributed by atoms with Crippen LogP contribution in [0.25, 0.3) is 10.9 Å². The van der Waals surface area contributed by atoms with Crippen LogP contribution in [0, 0.1) is 0 Å². The number of fused-ring (bicyclic) bond motifs is 1. The van der Waals surface area contributed by atoms with Crippen molar-refractivity contribution in [2.45, 2.75) is 0 Å². The third kappa shape index (κ3) is 1.35. The van der Waals surface area contributed by atoms with Crippen LogP contribution in [0.4, 0.5) is 0 Å². The van der Waals surface area contributed by atoms with Crippen molar-refractivity contribution in [3.05, 3.63) is 38.0 Å². The van der Waals surface area contributed by atoms with Crippen molar-refractivity contribution in [2.24, 2.45) is 0 Å². The van der Waals surface area contributed by atoms with Crippen LogP contribution in [0.15, 0.2) is 21.7 Å². The highest BCUT2D eigenvalue weighted by Crippen LogP contribution is 2.10. The Bertz CT molecular complexity index is 617. The van der Waals surface area contributed by atoms with Gasteiger partial charge >= 0.3 is 5.69 Å². The Balaban J connectivity index is 3.10. The Labute approximate surface area is 84.3 Å². The summed E-state index contributed by atoms with van der Waals surface area (Å²) in [4.78, 5) is 27.1. The van der Waals surface area contributed by atoms with E-state index in [1.807, 2.05) is 0 Å². The SMILES string of the molecule is Bc1cc(Cl)cc2c(=O)[nH]c(=O)[nH]c12. The zero-order chi connectivity index (χ0) is 10.3. The molecule has 0 aliphatic heterocycles. The number of rotatable bonds is 0. The number of H-pyrrole nitrogens is 2. The molecule has 0 saturated heterocycles. The number of aromatic amines is 2. The standard InChI is InChI=1S/C8H6BClN2O2/c9-5-2-3(10)1-4-6(5)11-8(14)12-7(4)13/h1-2H,9H2,(H2,11,12,13,14). The van der Waals surface area contributed by atoms with E-state index in [1.165, 1.54) is 6.07 Å². The van der Waals surface area contributed by atoms with Gasteiger partial charge in [-0.1, -0.05) is 17.1 Å². The van der Waals surface area contributed by atoms with E-state index in [0.29, 0.717) is 15.9 Å². The smallest absolute Gasteiger partial charge is 0.307 e. The maximum atomic E-state index is 11.4. The molecule has 0 fully saturated rings. The number of aromatic nitrogens is 2. The summed E-state index contributed by atoms with van der Waals surface area (Å²) in [6.07, 6.45) is 0. The number of benzene rings is 1. The maximum absolute atomic E-state index is 11.4. The Kier molecular flexibility index (Phi) is 1.96. The second-order valence-electron chi connectivity index (χ2n) is 3.05. The minimum atomic E-state index is -0.507. The average Bonchev–Trinajstić information content (AvgIpc) is 2.07.